The summed E-state index contributed by atoms with van der Waals surface area (Å²) in [5.41, 5.74) is 0. The largest absolute Gasteiger partial charge is 0.406 e. The van der Waals surface area contributed by atoms with Crippen molar-refractivity contribution in [3.05, 3.63) is 73.3 Å². The van der Waals surface area contributed by atoms with Crippen molar-refractivity contribution in [3.63, 3.8) is 0 Å². The third-order valence-electron chi connectivity index (χ3n) is 4.66. The Labute approximate surface area is 169 Å². The van der Waals surface area contributed by atoms with Gasteiger partial charge in [-0.1, -0.05) is 99.3 Å². The Kier molecular flexibility index (Phi) is 7.65. The smallest absolute Gasteiger partial charge is 0.261 e. The molecule has 0 aliphatic carbocycles. The number of rotatable bonds is 8. The summed E-state index contributed by atoms with van der Waals surface area (Å²) in [5.74, 6) is 0. The van der Waals surface area contributed by atoms with Gasteiger partial charge in [0.25, 0.3) is 8.32 Å². The SMILES string of the molecule is C=CCC(CO[Si](c1ccccc1)(c1ccccc1)C(C)(C)C)SC(C)=O. The quantitative estimate of drug-likeness (QED) is 0.472. The van der Waals surface area contributed by atoms with Crippen LogP contribution >= 0.6 is 11.8 Å². The molecule has 2 aromatic carbocycles. The van der Waals surface area contributed by atoms with Crippen molar-refractivity contribution in [1.82, 2.24) is 0 Å². The van der Waals surface area contributed by atoms with E-state index in [1.54, 1.807) is 6.92 Å². The molecule has 4 heteroatoms. The molecule has 2 aromatic rings. The molecule has 0 fully saturated rings. The van der Waals surface area contributed by atoms with Crippen LogP contribution in [-0.4, -0.2) is 25.3 Å². The maximum Gasteiger partial charge on any atom is 0.261 e. The topological polar surface area (TPSA) is 26.3 Å². The van der Waals surface area contributed by atoms with E-state index in [2.05, 4.69) is 75.9 Å². The van der Waals surface area contributed by atoms with Gasteiger partial charge >= 0.3 is 0 Å². The van der Waals surface area contributed by atoms with Gasteiger partial charge in [-0.2, -0.15) is 0 Å². The second-order valence-electron chi connectivity index (χ2n) is 7.73. The minimum Gasteiger partial charge on any atom is -0.406 e. The van der Waals surface area contributed by atoms with E-state index in [4.69, 9.17) is 4.43 Å². The highest BCUT2D eigenvalue weighted by Crippen LogP contribution is 2.37. The van der Waals surface area contributed by atoms with Crippen molar-refractivity contribution < 1.29 is 9.22 Å². The van der Waals surface area contributed by atoms with E-state index in [0.717, 1.165) is 6.42 Å². The van der Waals surface area contributed by atoms with E-state index in [-0.39, 0.29) is 15.4 Å². The number of hydrogen-bond donors (Lipinski definition) is 0. The summed E-state index contributed by atoms with van der Waals surface area (Å²) in [7, 11) is -2.55. The van der Waals surface area contributed by atoms with Crippen molar-refractivity contribution in [3.8, 4) is 0 Å². The van der Waals surface area contributed by atoms with Gasteiger partial charge in [0, 0.05) is 18.8 Å². The fourth-order valence-electron chi connectivity index (χ4n) is 3.55. The maximum atomic E-state index is 11.7. The first-order valence-electron chi connectivity index (χ1n) is 9.34. The molecule has 2 rings (SSSR count). The Morgan fingerprint density at radius 3 is 1.93 bits per heavy atom. The molecule has 144 valence electrons. The Bertz CT molecular complexity index is 698. The molecule has 0 aromatic heterocycles. The normalized spacial score (nSPS) is 13.2. The molecule has 0 amide bonds. The van der Waals surface area contributed by atoms with Crippen molar-refractivity contribution >= 4 is 35.6 Å². The van der Waals surface area contributed by atoms with Crippen LogP contribution in [0.2, 0.25) is 5.04 Å². The molecule has 0 saturated carbocycles. The second kappa shape index (κ2) is 9.54. The van der Waals surface area contributed by atoms with Crippen LogP contribution in [-0.2, 0) is 9.22 Å². The molecule has 0 aliphatic heterocycles. The maximum absolute atomic E-state index is 11.7. The average Bonchev–Trinajstić information content (AvgIpc) is 2.62. The van der Waals surface area contributed by atoms with Crippen LogP contribution in [0.15, 0.2) is 73.3 Å². The van der Waals surface area contributed by atoms with Crippen LogP contribution in [0.4, 0.5) is 0 Å². The van der Waals surface area contributed by atoms with E-state index in [1.807, 2.05) is 18.2 Å². The van der Waals surface area contributed by atoms with Gasteiger partial charge < -0.3 is 4.43 Å². The van der Waals surface area contributed by atoms with E-state index in [1.165, 1.54) is 22.1 Å². The zero-order chi connectivity index (χ0) is 19.9. The Balaban J connectivity index is 2.52. The van der Waals surface area contributed by atoms with Crippen molar-refractivity contribution in [2.75, 3.05) is 6.61 Å². The number of carbonyl (C=O) groups excluding carboxylic acids is 1. The highest BCUT2D eigenvalue weighted by Gasteiger charge is 2.50. The molecule has 2 nitrogen and oxygen atoms in total. The lowest BCUT2D eigenvalue weighted by Gasteiger charge is -2.43. The summed E-state index contributed by atoms with van der Waals surface area (Å²) in [6.07, 6.45) is 2.62. The van der Waals surface area contributed by atoms with Crippen LogP contribution in [0.5, 0.6) is 0 Å². The third-order valence-corrected chi connectivity index (χ3v) is 10.7. The van der Waals surface area contributed by atoms with Crippen molar-refractivity contribution in [2.24, 2.45) is 0 Å². The minimum atomic E-state index is -2.55. The molecule has 0 N–H and O–H groups in total. The van der Waals surface area contributed by atoms with Gasteiger partial charge in [-0.3, -0.25) is 4.79 Å². The van der Waals surface area contributed by atoms with E-state index in [9.17, 15) is 4.79 Å². The fraction of sp³-hybridized carbons (Fsp3) is 0.348. The lowest BCUT2D eigenvalue weighted by molar-refractivity contribution is -0.109. The molecule has 1 unspecified atom stereocenters. The minimum absolute atomic E-state index is 0.0602. The zero-order valence-electron chi connectivity index (χ0n) is 16.8. The van der Waals surface area contributed by atoms with E-state index in [0.29, 0.717) is 6.61 Å². The number of thioether (sulfide) groups is 1. The summed E-state index contributed by atoms with van der Waals surface area (Å²) in [6, 6.07) is 21.2. The van der Waals surface area contributed by atoms with Crippen molar-refractivity contribution in [2.45, 2.75) is 44.4 Å². The van der Waals surface area contributed by atoms with Gasteiger partial charge in [-0.25, -0.2) is 0 Å². The lowest BCUT2D eigenvalue weighted by atomic mass is 10.2. The molecular formula is C23H30O2SSi. The highest BCUT2D eigenvalue weighted by atomic mass is 32.2. The molecule has 0 saturated heterocycles. The van der Waals surface area contributed by atoms with Crippen molar-refractivity contribution in [1.29, 1.82) is 0 Å². The average molecular weight is 399 g/mol. The summed E-state index contributed by atoms with van der Waals surface area (Å²) in [4.78, 5) is 11.7. The van der Waals surface area contributed by atoms with Crippen LogP contribution in [0.3, 0.4) is 0 Å². The number of allylic oxidation sites excluding steroid dienone is 1. The first-order chi connectivity index (χ1) is 12.8. The summed E-state index contributed by atoms with van der Waals surface area (Å²) >= 11 is 1.35. The molecule has 0 heterocycles. The highest BCUT2D eigenvalue weighted by molar-refractivity contribution is 8.14. The summed E-state index contributed by atoms with van der Waals surface area (Å²) in [6.45, 7) is 12.8. The predicted molar refractivity (Wildman–Crippen MR) is 120 cm³/mol. The molecule has 27 heavy (non-hydrogen) atoms. The predicted octanol–water partition coefficient (Wildman–Crippen LogP) is 4.79. The Morgan fingerprint density at radius 2 is 1.56 bits per heavy atom. The summed E-state index contributed by atoms with van der Waals surface area (Å²) in [5, 5.41) is 2.66. The second-order valence-corrected chi connectivity index (χ2v) is 13.5. The number of hydrogen-bond acceptors (Lipinski definition) is 3. The monoisotopic (exact) mass is 398 g/mol. The molecule has 1 atom stereocenters. The van der Waals surface area contributed by atoms with Gasteiger partial charge in [0.2, 0.25) is 0 Å². The first kappa shape index (κ1) is 21.7. The molecule has 0 radical (unpaired) electrons. The van der Waals surface area contributed by atoms with Crippen LogP contribution in [0.25, 0.3) is 0 Å². The van der Waals surface area contributed by atoms with Crippen LogP contribution in [0.1, 0.15) is 34.1 Å². The Hall–Kier alpha value is -1.62. The van der Waals surface area contributed by atoms with Gasteiger partial charge in [0.1, 0.15) is 0 Å². The molecule has 0 spiro atoms. The lowest BCUT2D eigenvalue weighted by Crippen LogP contribution is -2.67. The van der Waals surface area contributed by atoms with Gasteiger partial charge in [-0.15, -0.1) is 6.58 Å². The van der Waals surface area contributed by atoms with Gasteiger partial charge in [0.05, 0.1) is 0 Å². The molecule has 0 bridgehead atoms. The fourth-order valence-corrected chi connectivity index (χ4v) is 9.12. The van der Waals surface area contributed by atoms with E-state index >= 15 is 0 Å². The van der Waals surface area contributed by atoms with Crippen LogP contribution < -0.4 is 10.4 Å². The molecular weight excluding hydrogens is 368 g/mol. The summed E-state index contributed by atoms with van der Waals surface area (Å²) < 4.78 is 6.90. The van der Waals surface area contributed by atoms with Crippen LogP contribution in [0, 0.1) is 0 Å². The Morgan fingerprint density at radius 1 is 1.07 bits per heavy atom. The standard InChI is InChI=1S/C23H30O2SSi/c1-6-13-20(26-19(2)24)18-25-27(23(3,4)5,21-14-9-7-10-15-21)22-16-11-8-12-17-22/h6-12,14-17,20H,1,13,18H2,2-5H3. The van der Waals surface area contributed by atoms with Gasteiger partial charge in [0.15, 0.2) is 5.12 Å². The first-order valence-corrected chi connectivity index (χ1v) is 12.1. The van der Waals surface area contributed by atoms with E-state index < -0.39 is 8.32 Å². The molecule has 0 aliphatic rings. The van der Waals surface area contributed by atoms with Gasteiger partial charge in [-0.05, 0) is 21.8 Å². The number of carbonyl (C=O) groups is 1. The third kappa shape index (κ3) is 5.22. The number of benzene rings is 2. The zero-order valence-corrected chi connectivity index (χ0v) is 18.6.